The lowest BCUT2D eigenvalue weighted by Crippen LogP contribution is -2.51. The number of nitrogens with zero attached hydrogens (tertiary/aromatic N) is 1. The van der Waals surface area contributed by atoms with Crippen molar-refractivity contribution in [3.05, 3.63) is 0 Å². The van der Waals surface area contributed by atoms with Crippen LogP contribution >= 0.6 is 0 Å². The van der Waals surface area contributed by atoms with E-state index in [4.69, 9.17) is 4.74 Å². The highest BCUT2D eigenvalue weighted by molar-refractivity contribution is 4.81. The first-order valence-corrected chi connectivity index (χ1v) is 4.95. The first kappa shape index (κ1) is 10.0. The van der Waals surface area contributed by atoms with Gasteiger partial charge in [0, 0.05) is 25.0 Å². The minimum absolute atomic E-state index is 0.387. The first-order valence-electron chi connectivity index (χ1n) is 4.95. The van der Waals surface area contributed by atoms with Crippen LogP contribution in [0.25, 0.3) is 0 Å². The van der Waals surface area contributed by atoms with Gasteiger partial charge in [0.25, 0.3) is 0 Å². The van der Waals surface area contributed by atoms with Gasteiger partial charge in [-0.2, -0.15) is 0 Å². The molecule has 0 aromatic heterocycles. The molecule has 1 aliphatic rings. The Morgan fingerprint density at radius 1 is 1.25 bits per heavy atom. The van der Waals surface area contributed by atoms with E-state index < -0.39 is 0 Å². The Bertz CT molecular complexity index is 125. The van der Waals surface area contributed by atoms with Crippen LogP contribution in [0.3, 0.4) is 0 Å². The Hall–Kier alpha value is -0.0800. The lowest BCUT2D eigenvalue weighted by atomic mass is 9.99. The molecule has 12 heavy (non-hydrogen) atoms. The molecule has 0 atom stereocenters. The van der Waals surface area contributed by atoms with Crippen LogP contribution in [-0.4, -0.2) is 36.7 Å². The van der Waals surface area contributed by atoms with Crippen molar-refractivity contribution in [1.29, 1.82) is 0 Å². The van der Waals surface area contributed by atoms with E-state index in [1.807, 2.05) is 0 Å². The van der Waals surface area contributed by atoms with Crippen LogP contribution < -0.4 is 0 Å². The molecular formula is C10H21NO. The van der Waals surface area contributed by atoms with Gasteiger partial charge in [-0.1, -0.05) is 0 Å². The zero-order chi connectivity index (χ0) is 9.14. The van der Waals surface area contributed by atoms with Crippen LogP contribution in [0.5, 0.6) is 0 Å². The maximum absolute atomic E-state index is 5.55. The molecular weight excluding hydrogens is 150 g/mol. The molecule has 0 spiro atoms. The molecule has 0 amide bonds. The Morgan fingerprint density at radius 3 is 2.25 bits per heavy atom. The van der Waals surface area contributed by atoms with Gasteiger partial charge in [0.2, 0.25) is 0 Å². The lowest BCUT2D eigenvalue weighted by Gasteiger charge is -2.42. The monoisotopic (exact) mass is 171 g/mol. The second-order valence-corrected chi connectivity index (χ2v) is 4.30. The second kappa shape index (κ2) is 4.24. The Labute approximate surface area is 75.9 Å². The molecule has 2 heteroatoms. The highest BCUT2D eigenvalue weighted by atomic mass is 16.5. The normalized spacial score (nSPS) is 20.5. The molecule has 1 aliphatic heterocycles. The van der Waals surface area contributed by atoms with E-state index >= 15 is 0 Å². The molecule has 0 bridgehead atoms. The molecule has 72 valence electrons. The van der Waals surface area contributed by atoms with Crippen molar-refractivity contribution < 1.29 is 4.74 Å². The van der Waals surface area contributed by atoms with Crippen molar-refractivity contribution in [2.24, 2.45) is 5.92 Å². The summed E-state index contributed by atoms with van der Waals surface area (Å²) < 4.78 is 5.55. The summed E-state index contributed by atoms with van der Waals surface area (Å²) in [7, 11) is 0. The topological polar surface area (TPSA) is 12.5 Å². The molecule has 0 unspecified atom stereocenters. The number of likely N-dealkylation sites (tertiary alicyclic amines) is 1. The molecule has 1 heterocycles. The van der Waals surface area contributed by atoms with Crippen molar-refractivity contribution in [2.45, 2.75) is 39.8 Å². The summed E-state index contributed by atoms with van der Waals surface area (Å²) in [6.07, 6.45) is 0.387. The van der Waals surface area contributed by atoms with E-state index in [2.05, 4.69) is 32.6 Å². The summed E-state index contributed by atoms with van der Waals surface area (Å²) in [4.78, 5) is 2.48. The molecule has 1 saturated heterocycles. The van der Waals surface area contributed by atoms with Crippen LogP contribution in [0.4, 0.5) is 0 Å². The minimum Gasteiger partial charge on any atom is -0.378 e. The summed E-state index contributed by atoms with van der Waals surface area (Å²) in [6.45, 7) is 12.1. The van der Waals surface area contributed by atoms with Gasteiger partial charge < -0.3 is 9.64 Å². The molecule has 1 rings (SSSR count). The largest absolute Gasteiger partial charge is 0.378 e. The van der Waals surface area contributed by atoms with Gasteiger partial charge in [0.05, 0.1) is 12.7 Å². The maximum Gasteiger partial charge on any atom is 0.0522 e. The van der Waals surface area contributed by atoms with Gasteiger partial charge in [0.15, 0.2) is 0 Å². The SMILES string of the molecule is CC(C)OCC1CN(C(C)C)C1. The zero-order valence-corrected chi connectivity index (χ0v) is 8.71. The van der Waals surface area contributed by atoms with Gasteiger partial charge in [0.1, 0.15) is 0 Å². The van der Waals surface area contributed by atoms with Crippen LogP contribution in [0.1, 0.15) is 27.7 Å². The predicted molar refractivity (Wildman–Crippen MR) is 51.3 cm³/mol. The molecule has 0 radical (unpaired) electrons. The van der Waals surface area contributed by atoms with Crippen molar-refractivity contribution in [3.63, 3.8) is 0 Å². The fourth-order valence-electron chi connectivity index (χ4n) is 1.47. The zero-order valence-electron chi connectivity index (χ0n) is 8.71. The quantitative estimate of drug-likeness (QED) is 0.639. The van der Waals surface area contributed by atoms with Crippen molar-refractivity contribution >= 4 is 0 Å². The number of hydrogen-bond acceptors (Lipinski definition) is 2. The van der Waals surface area contributed by atoms with Crippen LogP contribution in [0.15, 0.2) is 0 Å². The van der Waals surface area contributed by atoms with Crippen LogP contribution in [0.2, 0.25) is 0 Å². The number of ether oxygens (including phenoxy) is 1. The molecule has 0 aromatic rings. The Kier molecular flexibility index (Phi) is 3.53. The van der Waals surface area contributed by atoms with Gasteiger partial charge in [-0.05, 0) is 27.7 Å². The van der Waals surface area contributed by atoms with E-state index in [0.717, 1.165) is 12.5 Å². The standard InChI is InChI=1S/C10H21NO/c1-8(2)11-5-10(6-11)7-12-9(3)4/h8-10H,5-7H2,1-4H3. The summed E-state index contributed by atoms with van der Waals surface area (Å²) in [5.74, 6) is 0.787. The van der Waals surface area contributed by atoms with Gasteiger partial charge in [-0.3, -0.25) is 0 Å². The van der Waals surface area contributed by atoms with E-state index in [1.54, 1.807) is 0 Å². The van der Waals surface area contributed by atoms with Crippen LogP contribution in [-0.2, 0) is 4.74 Å². The molecule has 2 nitrogen and oxygen atoms in total. The summed E-state index contributed by atoms with van der Waals surface area (Å²) in [6, 6.07) is 0.709. The third kappa shape index (κ3) is 2.76. The highest BCUT2D eigenvalue weighted by Gasteiger charge is 2.28. The van der Waals surface area contributed by atoms with E-state index in [0.29, 0.717) is 12.1 Å². The smallest absolute Gasteiger partial charge is 0.0522 e. The maximum atomic E-state index is 5.55. The predicted octanol–water partition coefficient (Wildman–Crippen LogP) is 1.75. The Morgan fingerprint density at radius 2 is 1.83 bits per heavy atom. The number of rotatable bonds is 4. The molecule has 0 aromatic carbocycles. The van der Waals surface area contributed by atoms with Gasteiger partial charge in [-0.25, -0.2) is 0 Å². The summed E-state index contributed by atoms with van der Waals surface area (Å²) >= 11 is 0. The molecule has 1 fully saturated rings. The molecule has 0 N–H and O–H groups in total. The van der Waals surface area contributed by atoms with E-state index in [1.165, 1.54) is 13.1 Å². The molecule has 0 saturated carbocycles. The lowest BCUT2D eigenvalue weighted by molar-refractivity contribution is -0.0207. The fraction of sp³-hybridized carbons (Fsp3) is 1.00. The van der Waals surface area contributed by atoms with Gasteiger partial charge >= 0.3 is 0 Å². The van der Waals surface area contributed by atoms with E-state index in [-0.39, 0.29) is 0 Å². The van der Waals surface area contributed by atoms with Crippen molar-refractivity contribution in [2.75, 3.05) is 19.7 Å². The first-order chi connectivity index (χ1) is 5.59. The van der Waals surface area contributed by atoms with Crippen LogP contribution in [0, 0.1) is 5.92 Å². The minimum atomic E-state index is 0.387. The third-order valence-corrected chi connectivity index (χ3v) is 2.38. The summed E-state index contributed by atoms with van der Waals surface area (Å²) in [5, 5.41) is 0. The average molecular weight is 171 g/mol. The van der Waals surface area contributed by atoms with E-state index in [9.17, 15) is 0 Å². The third-order valence-electron chi connectivity index (χ3n) is 2.38. The molecule has 0 aliphatic carbocycles. The van der Waals surface area contributed by atoms with Crippen molar-refractivity contribution in [1.82, 2.24) is 4.90 Å². The van der Waals surface area contributed by atoms with Gasteiger partial charge in [-0.15, -0.1) is 0 Å². The fourth-order valence-corrected chi connectivity index (χ4v) is 1.47. The number of hydrogen-bond donors (Lipinski definition) is 0. The summed E-state index contributed by atoms with van der Waals surface area (Å²) in [5.41, 5.74) is 0. The van der Waals surface area contributed by atoms with Crippen molar-refractivity contribution in [3.8, 4) is 0 Å². The average Bonchev–Trinajstić information content (AvgIpc) is 1.82. The Balaban J connectivity index is 2.02. The highest BCUT2D eigenvalue weighted by Crippen LogP contribution is 2.18. The second-order valence-electron chi connectivity index (χ2n) is 4.30.